The van der Waals surface area contributed by atoms with Gasteiger partial charge in [0.15, 0.2) is 16.5 Å². The largest absolute Gasteiger partial charge is 0.534 e. The van der Waals surface area contributed by atoms with Crippen molar-refractivity contribution in [1.29, 1.82) is 0 Å². The zero-order valence-corrected chi connectivity index (χ0v) is 23.8. The predicted octanol–water partition coefficient (Wildman–Crippen LogP) is 6.26. The van der Waals surface area contributed by atoms with Crippen molar-refractivity contribution >= 4 is 32.8 Å². The van der Waals surface area contributed by atoms with Crippen LogP contribution in [0.4, 0.5) is 13.2 Å². The number of ether oxygens (including phenoxy) is 3. The van der Waals surface area contributed by atoms with Crippen LogP contribution >= 0.6 is 11.8 Å². The summed E-state index contributed by atoms with van der Waals surface area (Å²) in [5, 5.41) is 0.972. The molecule has 3 aromatic carbocycles. The molecule has 1 unspecified atom stereocenters. The lowest BCUT2D eigenvalue weighted by Gasteiger charge is -2.13. The quantitative estimate of drug-likeness (QED) is 0.140. The number of hydrogen-bond acceptors (Lipinski definition) is 10. The van der Waals surface area contributed by atoms with Crippen molar-refractivity contribution in [3.63, 3.8) is 0 Å². The Balaban J connectivity index is 1.28. The summed E-state index contributed by atoms with van der Waals surface area (Å²) < 4.78 is 91.7. The van der Waals surface area contributed by atoms with Gasteiger partial charge in [0, 0.05) is 19.2 Å². The Morgan fingerprint density at radius 2 is 1.74 bits per heavy atom. The van der Waals surface area contributed by atoms with Gasteiger partial charge in [-0.2, -0.15) is 21.6 Å². The number of methoxy groups -OCH3 is 1. The van der Waals surface area contributed by atoms with Gasteiger partial charge in [0.25, 0.3) is 0 Å². The summed E-state index contributed by atoms with van der Waals surface area (Å²) in [5.41, 5.74) is -0.756. The molecule has 15 heteroatoms. The van der Waals surface area contributed by atoms with Crippen LogP contribution in [0.3, 0.4) is 0 Å². The molecule has 0 radical (unpaired) electrons. The highest BCUT2D eigenvalue weighted by molar-refractivity contribution is 7.99. The van der Waals surface area contributed by atoms with Gasteiger partial charge in [-0.3, -0.25) is 5.43 Å². The van der Waals surface area contributed by atoms with Crippen LogP contribution in [0.1, 0.15) is 11.1 Å². The van der Waals surface area contributed by atoms with Crippen molar-refractivity contribution in [2.75, 3.05) is 12.5 Å². The van der Waals surface area contributed by atoms with E-state index >= 15 is 0 Å². The average Bonchev–Trinajstić information content (AvgIpc) is 3.68. The number of hydrogen-bond donors (Lipinski definition) is 1. The van der Waals surface area contributed by atoms with Gasteiger partial charge in [-0.1, -0.05) is 42.5 Å². The lowest BCUT2D eigenvalue weighted by Crippen LogP contribution is -2.28. The van der Waals surface area contributed by atoms with Crippen molar-refractivity contribution in [2.24, 2.45) is 0 Å². The third-order valence-electron chi connectivity index (χ3n) is 6.20. The number of halogens is 3. The highest BCUT2D eigenvalue weighted by atomic mass is 32.2. The van der Waals surface area contributed by atoms with Gasteiger partial charge in [0.1, 0.15) is 41.7 Å². The maximum atomic E-state index is 13.1. The number of nitrogens with one attached hydrogen (secondary N) is 1. The van der Waals surface area contributed by atoms with E-state index < -0.39 is 21.4 Å². The Morgan fingerprint density at radius 3 is 2.49 bits per heavy atom. The molecule has 0 fully saturated rings. The van der Waals surface area contributed by atoms with Crippen LogP contribution in [0.25, 0.3) is 22.4 Å². The van der Waals surface area contributed by atoms with Gasteiger partial charge in [-0.25, -0.2) is 9.66 Å². The molecule has 0 amide bonds. The van der Waals surface area contributed by atoms with Gasteiger partial charge >= 0.3 is 15.6 Å². The molecule has 6 rings (SSSR count). The molecular weight excluding hydrogens is 611 g/mol. The van der Waals surface area contributed by atoms with Gasteiger partial charge < -0.3 is 22.8 Å². The van der Waals surface area contributed by atoms with E-state index in [9.17, 15) is 21.6 Å². The Morgan fingerprint density at radius 1 is 0.977 bits per heavy atom. The second-order valence-corrected chi connectivity index (χ2v) is 11.8. The van der Waals surface area contributed by atoms with Crippen molar-refractivity contribution in [2.45, 2.75) is 29.4 Å². The number of fused-ring (bicyclic) bond motifs is 2. The number of benzene rings is 3. The molecule has 10 nitrogen and oxygen atoms in total. The number of aromatic nitrogens is 2. The fourth-order valence-corrected chi connectivity index (χ4v) is 5.44. The Labute approximate surface area is 247 Å². The molecular formula is C28H22F3N3O7S2. The summed E-state index contributed by atoms with van der Waals surface area (Å²) in [6.45, 7) is 0.333. The summed E-state index contributed by atoms with van der Waals surface area (Å²) in [6, 6.07) is 20.4. The molecule has 0 spiro atoms. The Hall–Kier alpha value is -4.34. The summed E-state index contributed by atoms with van der Waals surface area (Å²) >= 11 is 1.33. The van der Waals surface area contributed by atoms with E-state index in [-0.39, 0.29) is 29.3 Å². The minimum Gasteiger partial charge on any atom is -0.489 e. The van der Waals surface area contributed by atoms with Crippen LogP contribution in [-0.2, 0) is 28.1 Å². The molecule has 0 saturated heterocycles. The molecule has 224 valence electrons. The van der Waals surface area contributed by atoms with E-state index in [1.165, 1.54) is 11.8 Å². The molecule has 1 aliphatic heterocycles. The maximum Gasteiger partial charge on any atom is 0.534 e. The van der Waals surface area contributed by atoms with Crippen LogP contribution in [-0.4, -0.2) is 36.3 Å². The van der Waals surface area contributed by atoms with E-state index in [4.69, 9.17) is 18.6 Å². The molecule has 43 heavy (non-hydrogen) atoms. The molecule has 1 atom stereocenters. The van der Waals surface area contributed by atoms with E-state index in [2.05, 4.69) is 14.6 Å². The first kappa shape index (κ1) is 28.8. The lowest BCUT2D eigenvalue weighted by molar-refractivity contribution is -0.0500. The van der Waals surface area contributed by atoms with E-state index in [1.807, 2.05) is 30.3 Å². The topological polar surface area (TPSA) is 114 Å². The van der Waals surface area contributed by atoms with Crippen LogP contribution < -0.4 is 19.1 Å². The standard InChI is InChI=1S/C28H22F3N3O7S2/c1-37-27-33-34-14-22(32-26(34)42-27)25-13-21-23(11-20(12-24(21)40-25)41-43(35,36)28(29,30)31)39-16-18-8-5-9-19(10-18)38-15-17-6-3-2-4-7-17/h2-14,27,33H,15-16H2,1H3. The van der Waals surface area contributed by atoms with E-state index in [0.717, 1.165) is 17.7 Å². The molecule has 0 aliphatic carbocycles. The highest BCUT2D eigenvalue weighted by Gasteiger charge is 2.48. The summed E-state index contributed by atoms with van der Waals surface area (Å²) in [5.74, 6) is 0.261. The van der Waals surface area contributed by atoms with Gasteiger partial charge in [-0.05, 0) is 41.1 Å². The molecule has 2 aromatic heterocycles. The fraction of sp³-hybridized carbons (Fsp3) is 0.179. The fourth-order valence-electron chi connectivity index (χ4n) is 4.17. The van der Waals surface area contributed by atoms with Crippen molar-refractivity contribution in [3.8, 4) is 28.7 Å². The maximum absolute atomic E-state index is 13.1. The smallest absolute Gasteiger partial charge is 0.489 e. The molecule has 0 saturated carbocycles. The summed E-state index contributed by atoms with van der Waals surface area (Å²) in [4.78, 5) is 4.50. The second-order valence-electron chi connectivity index (χ2n) is 9.23. The molecule has 3 heterocycles. The minimum atomic E-state index is -5.94. The van der Waals surface area contributed by atoms with E-state index in [0.29, 0.717) is 34.2 Å². The number of alkyl halides is 3. The first-order valence-electron chi connectivity index (χ1n) is 12.6. The second kappa shape index (κ2) is 11.4. The molecule has 1 aliphatic rings. The molecule has 0 bridgehead atoms. The monoisotopic (exact) mass is 633 g/mol. The first-order chi connectivity index (χ1) is 20.6. The number of imidazole rings is 1. The Kier molecular flexibility index (Phi) is 7.62. The van der Waals surface area contributed by atoms with Crippen molar-refractivity contribution in [3.05, 3.63) is 90.1 Å². The first-order valence-corrected chi connectivity index (χ1v) is 14.9. The number of thioether (sulfide) groups is 1. The normalized spacial score (nSPS) is 14.8. The molecule has 1 N–H and O–H groups in total. The number of furan rings is 1. The van der Waals surface area contributed by atoms with Crippen LogP contribution in [0.5, 0.6) is 17.2 Å². The van der Waals surface area contributed by atoms with Crippen molar-refractivity contribution < 1.29 is 44.4 Å². The van der Waals surface area contributed by atoms with Gasteiger partial charge in [0.2, 0.25) is 0 Å². The molecule has 5 aromatic rings. The number of rotatable bonds is 10. The lowest BCUT2D eigenvalue weighted by atomic mass is 10.2. The average molecular weight is 634 g/mol. The van der Waals surface area contributed by atoms with E-state index in [1.54, 1.807) is 48.3 Å². The Bertz CT molecular complexity index is 1850. The minimum absolute atomic E-state index is 0.0225. The third-order valence-corrected chi connectivity index (χ3v) is 8.19. The van der Waals surface area contributed by atoms with Gasteiger partial charge in [-0.15, -0.1) is 0 Å². The van der Waals surface area contributed by atoms with Gasteiger partial charge in [0.05, 0.1) is 11.6 Å². The third kappa shape index (κ3) is 6.23. The highest BCUT2D eigenvalue weighted by Crippen LogP contribution is 2.40. The SMILES string of the molecule is COC1Nn2cc(-c3cc4c(OCc5cccc(OCc6ccccc6)c5)cc(OS(=O)(=O)C(F)(F)F)cc4o3)nc2S1. The number of nitrogens with zero attached hydrogens (tertiary/aromatic N) is 2. The predicted molar refractivity (Wildman–Crippen MR) is 151 cm³/mol. The van der Waals surface area contributed by atoms with Crippen LogP contribution in [0, 0.1) is 0 Å². The summed E-state index contributed by atoms with van der Waals surface area (Å²) in [6.07, 6.45) is 1.66. The van der Waals surface area contributed by atoms with Crippen LogP contribution in [0.15, 0.2) is 88.6 Å². The van der Waals surface area contributed by atoms with Crippen LogP contribution in [0.2, 0.25) is 0 Å². The zero-order valence-electron chi connectivity index (χ0n) is 22.2. The zero-order chi connectivity index (χ0) is 30.2. The van der Waals surface area contributed by atoms with Crippen molar-refractivity contribution in [1.82, 2.24) is 9.66 Å². The summed E-state index contributed by atoms with van der Waals surface area (Å²) in [7, 11) is -4.39.